The SMILES string of the molecule is COC(=O)c1c(F)c(Cl)cc2c1N(Cc1ccccc1)CCC2. The molecule has 0 N–H and O–H groups in total. The summed E-state index contributed by atoms with van der Waals surface area (Å²) in [5.74, 6) is -1.40. The van der Waals surface area contributed by atoms with Gasteiger partial charge in [0, 0.05) is 13.1 Å². The molecule has 0 saturated heterocycles. The summed E-state index contributed by atoms with van der Waals surface area (Å²) in [6, 6.07) is 11.5. The fourth-order valence-electron chi connectivity index (χ4n) is 3.04. The van der Waals surface area contributed by atoms with Crippen molar-refractivity contribution in [2.45, 2.75) is 19.4 Å². The Morgan fingerprint density at radius 1 is 1.35 bits per heavy atom. The van der Waals surface area contributed by atoms with Gasteiger partial charge < -0.3 is 9.64 Å². The monoisotopic (exact) mass is 333 g/mol. The standard InChI is InChI=1S/C18H17ClFNO2/c1-23-18(22)15-16(20)14(19)10-13-8-5-9-21(17(13)15)11-12-6-3-2-4-7-12/h2-4,6-7,10H,5,8-9,11H2,1H3. The van der Waals surface area contributed by atoms with E-state index in [0.717, 1.165) is 30.5 Å². The molecule has 0 amide bonds. The van der Waals surface area contributed by atoms with Crippen LogP contribution in [0.3, 0.4) is 0 Å². The molecule has 120 valence electrons. The molecule has 0 bridgehead atoms. The molecule has 0 unspecified atom stereocenters. The molecule has 5 heteroatoms. The molecule has 1 aliphatic rings. The van der Waals surface area contributed by atoms with Crippen LogP contribution in [0.25, 0.3) is 0 Å². The maximum absolute atomic E-state index is 14.5. The van der Waals surface area contributed by atoms with Gasteiger partial charge in [-0.25, -0.2) is 9.18 Å². The number of nitrogens with zero attached hydrogens (tertiary/aromatic N) is 1. The number of halogens is 2. The van der Waals surface area contributed by atoms with Crippen LogP contribution in [0.4, 0.5) is 10.1 Å². The van der Waals surface area contributed by atoms with E-state index >= 15 is 0 Å². The molecule has 0 aromatic heterocycles. The quantitative estimate of drug-likeness (QED) is 0.788. The molecule has 0 saturated carbocycles. The van der Waals surface area contributed by atoms with E-state index in [1.807, 2.05) is 35.2 Å². The molecule has 2 aromatic carbocycles. The van der Waals surface area contributed by atoms with Gasteiger partial charge >= 0.3 is 5.97 Å². The number of ether oxygens (including phenoxy) is 1. The topological polar surface area (TPSA) is 29.5 Å². The van der Waals surface area contributed by atoms with Crippen molar-refractivity contribution in [1.29, 1.82) is 0 Å². The second-order valence-corrected chi connectivity index (χ2v) is 5.96. The van der Waals surface area contributed by atoms with E-state index in [1.54, 1.807) is 6.07 Å². The molecular formula is C18H17ClFNO2. The van der Waals surface area contributed by atoms with Gasteiger partial charge in [-0.2, -0.15) is 0 Å². The summed E-state index contributed by atoms with van der Waals surface area (Å²) in [4.78, 5) is 14.1. The Bertz CT molecular complexity index is 734. The van der Waals surface area contributed by atoms with Crippen LogP contribution in [-0.2, 0) is 17.7 Å². The predicted octanol–water partition coefficient (Wildman–Crippen LogP) is 4.22. The lowest BCUT2D eigenvalue weighted by Crippen LogP contribution is -2.31. The van der Waals surface area contributed by atoms with Crippen molar-refractivity contribution in [1.82, 2.24) is 0 Å². The first kappa shape index (κ1) is 15.8. The van der Waals surface area contributed by atoms with Crippen LogP contribution in [0, 0.1) is 5.82 Å². The number of anilines is 1. The average Bonchev–Trinajstić information content (AvgIpc) is 2.57. The Balaban J connectivity index is 2.09. The average molecular weight is 334 g/mol. The van der Waals surface area contributed by atoms with E-state index in [0.29, 0.717) is 12.2 Å². The van der Waals surface area contributed by atoms with Gasteiger partial charge in [0.2, 0.25) is 0 Å². The third-order valence-electron chi connectivity index (χ3n) is 4.07. The van der Waals surface area contributed by atoms with Gasteiger partial charge in [-0.1, -0.05) is 41.9 Å². The Hall–Kier alpha value is -2.07. The molecule has 3 rings (SSSR count). The predicted molar refractivity (Wildman–Crippen MR) is 88.6 cm³/mol. The van der Waals surface area contributed by atoms with Gasteiger partial charge in [-0.05, 0) is 30.0 Å². The third-order valence-corrected chi connectivity index (χ3v) is 4.34. The molecule has 3 nitrogen and oxygen atoms in total. The summed E-state index contributed by atoms with van der Waals surface area (Å²) in [5, 5.41) is -0.0364. The van der Waals surface area contributed by atoms with Crippen molar-refractivity contribution in [2.24, 2.45) is 0 Å². The summed E-state index contributed by atoms with van der Waals surface area (Å²) in [7, 11) is 1.25. The van der Waals surface area contributed by atoms with Crippen molar-refractivity contribution < 1.29 is 13.9 Å². The number of methoxy groups -OCH3 is 1. The van der Waals surface area contributed by atoms with Crippen molar-refractivity contribution in [2.75, 3.05) is 18.6 Å². The maximum atomic E-state index is 14.5. The van der Waals surface area contributed by atoms with E-state index in [1.165, 1.54) is 7.11 Å². The van der Waals surface area contributed by atoms with E-state index < -0.39 is 11.8 Å². The zero-order valence-corrected chi connectivity index (χ0v) is 13.6. The van der Waals surface area contributed by atoms with Crippen LogP contribution in [0.15, 0.2) is 36.4 Å². The second-order valence-electron chi connectivity index (χ2n) is 5.56. The zero-order chi connectivity index (χ0) is 16.4. The smallest absolute Gasteiger partial charge is 0.343 e. The minimum Gasteiger partial charge on any atom is -0.465 e. The molecule has 1 heterocycles. The van der Waals surface area contributed by atoms with Crippen LogP contribution in [0.2, 0.25) is 5.02 Å². The first-order valence-corrected chi connectivity index (χ1v) is 7.87. The number of rotatable bonds is 3. The van der Waals surface area contributed by atoms with Gasteiger partial charge in [0.1, 0.15) is 5.56 Å². The molecule has 23 heavy (non-hydrogen) atoms. The van der Waals surface area contributed by atoms with Crippen molar-refractivity contribution in [3.63, 3.8) is 0 Å². The highest BCUT2D eigenvalue weighted by Gasteiger charge is 2.29. The number of aryl methyl sites for hydroxylation is 1. The number of benzene rings is 2. The van der Waals surface area contributed by atoms with Crippen LogP contribution in [0.5, 0.6) is 0 Å². The summed E-state index contributed by atoms with van der Waals surface area (Å²) >= 11 is 5.96. The number of hydrogen-bond acceptors (Lipinski definition) is 3. The lowest BCUT2D eigenvalue weighted by Gasteiger charge is -2.33. The minimum atomic E-state index is -0.711. The Morgan fingerprint density at radius 3 is 2.78 bits per heavy atom. The fraction of sp³-hybridized carbons (Fsp3) is 0.278. The lowest BCUT2D eigenvalue weighted by molar-refractivity contribution is 0.0596. The summed E-state index contributed by atoms with van der Waals surface area (Å²) in [6.07, 6.45) is 1.70. The number of esters is 1. The first-order chi connectivity index (χ1) is 11.1. The highest BCUT2D eigenvalue weighted by molar-refractivity contribution is 6.31. The number of carbonyl (C=O) groups excluding carboxylic acids is 1. The van der Waals surface area contributed by atoms with Gasteiger partial charge in [0.05, 0.1) is 17.8 Å². The summed E-state index contributed by atoms with van der Waals surface area (Å²) in [5.41, 5.74) is 2.53. The van der Waals surface area contributed by atoms with Gasteiger partial charge in [0.15, 0.2) is 5.82 Å². The van der Waals surface area contributed by atoms with Gasteiger partial charge in [-0.15, -0.1) is 0 Å². The Kier molecular flexibility index (Phi) is 4.53. The molecular weight excluding hydrogens is 317 g/mol. The molecule has 0 spiro atoms. The fourth-order valence-corrected chi connectivity index (χ4v) is 3.27. The van der Waals surface area contributed by atoms with Crippen LogP contribution >= 0.6 is 11.6 Å². The van der Waals surface area contributed by atoms with Crippen LogP contribution in [0.1, 0.15) is 27.9 Å². The van der Waals surface area contributed by atoms with Crippen molar-refractivity contribution in [3.05, 3.63) is 63.9 Å². The highest BCUT2D eigenvalue weighted by atomic mass is 35.5. The van der Waals surface area contributed by atoms with Gasteiger partial charge in [-0.3, -0.25) is 0 Å². The van der Waals surface area contributed by atoms with Crippen molar-refractivity contribution in [3.8, 4) is 0 Å². The Labute approximate surface area is 139 Å². The number of carbonyl (C=O) groups is 1. The molecule has 0 radical (unpaired) electrons. The Morgan fingerprint density at radius 2 is 2.09 bits per heavy atom. The van der Waals surface area contributed by atoms with Crippen LogP contribution in [-0.4, -0.2) is 19.6 Å². The number of fused-ring (bicyclic) bond motifs is 1. The maximum Gasteiger partial charge on any atom is 0.343 e. The van der Waals surface area contributed by atoms with E-state index in [2.05, 4.69) is 0 Å². The zero-order valence-electron chi connectivity index (χ0n) is 12.8. The van der Waals surface area contributed by atoms with E-state index in [9.17, 15) is 9.18 Å². The molecule has 2 aromatic rings. The number of hydrogen-bond donors (Lipinski definition) is 0. The van der Waals surface area contributed by atoms with E-state index in [4.69, 9.17) is 16.3 Å². The largest absolute Gasteiger partial charge is 0.465 e. The molecule has 0 aliphatic carbocycles. The normalized spacial score (nSPS) is 13.6. The summed E-state index contributed by atoms with van der Waals surface area (Å²) < 4.78 is 19.3. The van der Waals surface area contributed by atoms with Crippen molar-refractivity contribution >= 4 is 23.3 Å². The summed E-state index contributed by atoms with van der Waals surface area (Å²) in [6.45, 7) is 1.37. The molecule has 0 fully saturated rings. The highest BCUT2D eigenvalue weighted by Crippen LogP contribution is 2.37. The lowest BCUT2D eigenvalue weighted by atomic mass is 9.96. The molecule has 1 aliphatic heterocycles. The second kappa shape index (κ2) is 6.59. The van der Waals surface area contributed by atoms with E-state index in [-0.39, 0.29) is 10.6 Å². The van der Waals surface area contributed by atoms with Gasteiger partial charge in [0.25, 0.3) is 0 Å². The third kappa shape index (κ3) is 3.04. The first-order valence-electron chi connectivity index (χ1n) is 7.50. The van der Waals surface area contributed by atoms with Crippen LogP contribution < -0.4 is 4.90 Å². The molecule has 0 atom stereocenters. The minimum absolute atomic E-state index is 0.0364.